The van der Waals surface area contributed by atoms with Crippen LogP contribution in [0.3, 0.4) is 0 Å². The standard InChI is InChI=1S/C17H20O5/c1-3-4-11(2)5-8-16(19)21-15-9-12-6-7-13(18)10-14(12)22-17(15)20/h6-7,9-11,18H,3-5,8H2,1-2H3. The van der Waals surface area contributed by atoms with Gasteiger partial charge in [-0.2, -0.15) is 0 Å². The van der Waals surface area contributed by atoms with E-state index >= 15 is 0 Å². The number of ether oxygens (including phenoxy) is 1. The second-order valence-corrected chi connectivity index (χ2v) is 5.53. The minimum atomic E-state index is -0.729. The van der Waals surface area contributed by atoms with Crippen molar-refractivity contribution in [3.8, 4) is 11.5 Å². The van der Waals surface area contributed by atoms with Crippen molar-refractivity contribution in [2.24, 2.45) is 5.92 Å². The van der Waals surface area contributed by atoms with Gasteiger partial charge in [-0.25, -0.2) is 4.79 Å². The highest BCUT2D eigenvalue weighted by atomic mass is 16.5. The molecule has 0 aliphatic carbocycles. The Balaban J connectivity index is 2.08. The first-order chi connectivity index (χ1) is 10.5. The van der Waals surface area contributed by atoms with Crippen molar-refractivity contribution in [1.82, 2.24) is 0 Å². The molecule has 0 spiro atoms. The molecule has 1 aromatic heterocycles. The third kappa shape index (κ3) is 4.10. The maximum Gasteiger partial charge on any atom is 0.379 e. The highest BCUT2D eigenvalue weighted by molar-refractivity contribution is 5.80. The van der Waals surface area contributed by atoms with Gasteiger partial charge in [0.05, 0.1) is 0 Å². The molecule has 1 heterocycles. The van der Waals surface area contributed by atoms with Crippen molar-refractivity contribution in [1.29, 1.82) is 0 Å². The van der Waals surface area contributed by atoms with Gasteiger partial charge in [-0.1, -0.05) is 26.7 Å². The van der Waals surface area contributed by atoms with Gasteiger partial charge < -0.3 is 14.3 Å². The molecule has 1 atom stereocenters. The number of carbonyl (C=O) groups is 1. The normalized spacial score (nSPS) is 12.3. The molecule has 0 fully saturated rings. The molecule has 0 saturated carbocycles. The van der Waals surface area contributed by atoms with E-state index in [1.54, 1.807) is 6.07 Å². The van der Waals surface area contributed by atoms with Crippen LogP contribution >= 0.6 is 0 Å². The summed E-state index contributed by atoms with van der Waals surface area (Å²) < 4.78 is 10.2. The number of carbonyl (C=O) groups excluding carboxylic acids is 1. The van der Waals surface area contributed by atoms with Crippen LogP contribution in [0.2, 0.25) is 0 Å². The summed E-state index contributed by atoms with van der Waals surface area (Å²) in [6, 6.07) is 5.86. The van der Waals surface area contributed by atoms with E-state index < -0.39 is 11.6 Å². The molecule has 0 aliphatic rings. The largest absolute Gasteiger partial charge is 0.508 e. The first-order valence-electron chi connectivity index (χ1n) is 7.47. The third-order valence-electron chi connectivity index (χ3n) is 3.53. The zero-order valence-corrected chi connectivity index (χ0v) is 12.8. The van der Waals surface area contributed by atoms with Gasteiger partial charge in [0.15, 0.2) is 0 Å². The minimum Gasteiger partial charge on any atom is -0.508 e. The number of phenolic OH excluding ortho intramolecular Hbond substituents is 1. The van der Waals surface area contributed by atoms with E-state index in [0.717, 1.165) is 19.3 Å². The number of fused-ring (bicyclic) bond motifs is 1. The summed E-state index contributed by atoms with van der Waals surface area (Å²) in [7, 11) is 0. The molecular weight excluding hydrogens is 284 g/mol. The lowest BCUT2D eigenvalue weighted by Crippen LogP contribution is -2.14. The molecule has 2 rings (SSSR count). The topological polar surface area (TPSA) is 76.7 Å². The van der Waals surface area contributed by atoms with Crippen LogP contribution in [-0.2, 0) is 4.79 Å². The molecule has 5 nitrogen and oxygen atoms in total. The average Bonchev–Trinajstić information content (AvgIpc) is 2.46. The van der Waals surface area contributed by atoms with E-state index in [4.69, 9.17) is 9.15 Å². The van der Waals surface area contributed by atoms with Crippen LogP contribution in [0.4, 0.5) is 0 Å². The van der Waals surface area contributed by atoms with E-state index in [1.165, 1.54) is 18.2 Å². The fraction of sp³-hybridized carbons (Fsp3) is 0.412. The number of rotatable bonds is 6. The Morgan fingerprint density at radius 3 is 2.82 bits per heavy atom. The molecule has 1 aromatic carbocycles. The summed E-state index contributed by atoms with van der Waals surface area (Å²) in [5, 5.41) is 9.94. The monoisotopic (exact) mass is 304 g/mol. The van der Waals surface area contributed by atoms with Crippen LogP contribution in [0.25, 0.3) is 11.0 Å². The van der Waals surface area contributed by atoms with Gasteiger partial charge in [-0.05, 0) is 30.5 Å². The summed E-state index contributed by atoms with van der Waals surface area (Å²) in [5.74, 6) is -0.0986. The number of aromatic hydroxyl groups is 1. The lowest BCUT2D eigenvalue weighted by molar-refractivity contribution is -0.134. The number of phenols is 1. The zero-order chi connectivity index (χ0) is 16.1. The van der Waals surface area contributed by atoms with Crippen molar-refractivity contribution in [2.75, 3.05) is 0 Å². The van der Waals surface area contributed by atoms with E-state index in [1.807, 2.05) is 0 Å². The quantitative estimate of drug-likeness (QED) is 0.651. The molecular formula is C17H20O5. The van der Waals surface area contributed by atoms with Crippen molar-refractivity contribution in [2.45, 2.75) is 39.5 Å². The predicted molar refractivity (Wildman–Crippen MR) is 83.1 cm³/mol. The summed E-state index contributed by atoms with van der Waals surface area (Å²) in [5.41, 5.74) is -0.477. The molecule has 0 aliphatic heterocycles. The van der Waals surface area contributed by atoms with Crippen LogP contribution in [0.1, 0.15) is 39.5 Å². The van der Waals surface area contributed by atoms with E-state index in [2.05, 4.69) is 13.8 Å². The van der Waals surface area contributed by atoms with Crippen LogP contribution in [0.15, 0.2) is 33.5 Å². The Kier molecular flexibility index (Phi) is 5.20. The lowest BCUT2D eigenvalue weighted by Gasteiger charge is -2.09. The van der Waals surface area contributed by atoms with Crippen LogP contribution < -0.4 is 10.4 Å². The summed E-state index contributed by atoms with van der Waals surface area (Å²) >= 11 is 0. The number of hydrogen-bond donors (Lipinski definition) is 1. The molecule has 118 valence electrons. The number of benzene rings is 1. The second kappa shape index (κ2) is 7.11. The van der Waals surface area contributed by atoms with Gasteiger partial charge in [-0.3, -0.25) is 4.79 Å². The second-order valence-electron chi connectivity index (χ2n) is 5.53. The fourth-order valence-electron chi connectivity index (χ4n) is 2.33. The van der Waals surface area contributed by atoms with E-state index in [9.17, 15) is 14.7 Å². The molecule has 1 N–H and O–H groups in total. The van der Waals surface area contributed by atoms with E-state index in [0.29, 0.717) is 11.3 Å². The Hall–Kier alpha value is -2.30. The molecule has 5 heteroatoms. The Bertz CT molecular complexity index is 717. The maximum atomic E-state index is 11.8. The smallest absolute Gasteiger partial charge is 0.379 e. The predicted octanol–water partition coefficient (Wildman–Crippen LogP) is 3.62. The lowest BCUT2D eigenvalue weighted by atomic mass is 10.0. The van der Waals surface area contributed by atoms with Crippen molar-refractivity contribution >= 4 is 16.9 Å². The van der Waals surface area contributed by atoms with Gasteiger partial charge in [0.25, 0.3) is 0 Å². The van der Waals surface area contributed by atoms with Gasteiger partial charge >= 0.3 is 11.6 Å². The third-order valence-corrected chi connectivity index (χ3v) is 3.53. The summed E-state index contributed by atoms with van der Waals surface area (Å²) in [6.45, 7) is 4.19. The van der Waals surface area contributed by atoms with Gasteiger partial charge in [0, 0.05) is 17.9 Å². The van der Waals surface area contributed by atoms with Gasteiger partial charge in [0.2, 0.25) is 5.75 Å². The van der Waals surface area contributed by atoms with Crippen molar-refractivity contribution in [3.63, 3.8) is 0 Å². The van der Waals surface area contributed by atoms with Crippen LogP contribution in [0, 0.1) is 5.92 Å². The maximum absolute atomic E-state index is 11.8. The number of hydrogen-bond acceptors (Lipinski definition) is 5. The molecule has 0 saturated heterocycles. The van der Waals surface area contributed by atoms with Crippen molar-refractivity contribution < 1.29 is 19.1 Å². The Morgan fingerprint density at radius 2 is 2.09 bits per heavy atom. The highest BCUT2D eigenvalue weighted by Gasteiger charge is 2.13. The minimum absolute atomic E-state index is 0.00491. The fourth-order valence-corrected chi connectivity index (χ4v) is 2.33. The molecule has 0 bridgehead atoms. The Morgan fingerprint density at radius 1 is 1.32 bits per heavy atom. The summed E-state index contributed by atoms with van der Waals surface area (Å²) in [6.07, 6.45) is 3.15. The zero-order valence-electron chi connectivity index (χ0n) is 12.8. The molecule has 1 unspecified atom stereocenters. The van der Waals surface area contributed by atoms with Gasteiger partial charge in [-0.15, -0.1) is 0 Å². The van der Waals surface area contributed by atoms with Crippen LogP contribution in [0.5, 0.6) is 11.5 Å². The molecule has 0 radical (unpaired) electrons. The van der Waals surface area contributed by atoms with E-state index in [-0.39, 0.29) is 23.5 Å². The molecule has 0 amide bonds. The number of esters is 1. The van der Waals surface area contributed by atoms with Crippen molar-refractivity contribution in [3.05, 3.63) is 34.7 Å². The van der Waals surface area contributed by atoms with Crippen LogP contribution in [-0.4, -0.2) is 11.1 Å². The Labute approximate surface area is 128 Å². The average molecular weight is 304 g/mol. The highest BCUT2D eigenvalue weighted by Crippen LogP contribution is 2.22. The SMILES string of the molecule is CCCC(C)CCC(=O)Oc1cc2ccc(O)cc2oc1=O. The first-order valence-corrected chi connectivity index (χ1v) is 7.47. The summed E-state index contributed by atoms with van der Waals surface area (Å²) in [4.78, 5) is 23.6. The first kappa shape index (κ1) is 16.1. The molecule has 2 aromatic rings. The molecule has 22 heavy (non-hydrogen) atoms. The van der Waals surface area contributed by atoms with Gasteiger partial charge in [0.1, 0.15) is 11.3 Å².